The molecule has 0 aliphatic heterocycles. The molecule has 3 atom stereocenters. The molecule has 0 saturated heterocycles. The van der Waals surface area contributed by atoms with Gasteiger partial charge in [0.15, 0.2) is 0 Å². The van der Waals surface area contributed by atoms with Crippen LogP contribution in [-0.2, 0) is 4.79 Å². The average molecular weight is 875 g/mol. The summed E-state index contributed by atoms with van der Waals surface area (Å²) in [5, 5.41) is 33.6. The molecule has 0 aromatic carbocycles. The number of nitrogens with one attached hydrogen (secondary N) is 1. The third-order valence-electron chi connectivity index (χ3n) is 13.3. The minimum atomic E-state index is -1.08. The largest absolute Gasteiger partial charge is 0.394 e. The lowest BCUT2D eigenvalue weighted by atomic mass is 10.0. The molecule has 1 amide bonds. The van der Waals surface area contributed by atoms with Gasteiger partial charge in [-0.1, -0.05) is 289 Å². The van der Waals surface area contributed by atoms with Crippen LogP contribution >= 0.6 is 0 Å². The molecule has 0 saturated carbocycles. The van der Waals surface area contributed by atoms with Crippen molar-refractivity contribution in [2.75, 3.05) is 6.61 Å². The highest BCUT2D eigenvalue weighted by Gasteiger charge is 2.23. The molecule has 0 spiro atoms. The first-order valence-corrected chi connectivity index (χ1v) is 28.1. The van der Waals surface area contributed by atoms with Crippen LogP contribution < -0.4 is 5.32 Å². The number of amides is 1. The van der Waals surface area contributed by atoms with Crippen LogP contribution in [0.25, 0.3) is 0 Å². The number of rotatable bonds is 52. The zero-order valence-corrected chi connectivity index (χ0v) is 42.0. The highest BCUT2D eigenvalue weighted by Crippen LogP contribution is 2.18. The number of aliphatic hydroxyl groups excluding tert-OH is 3. The summed E-state index contributed by atoms with van der Waals surface area (Å²) in [4.78, 5) is 12.6. The van der Waals surface area contributed by atoms with E-state index in [9.17, 15) is 20.1 Å². The van der Waals surface area contributed by atoms with Crippen LogP contribution in [-0.4, -0.2) is 46.1 Å². The number of carbonyl (C=O) groups is 1. The predicted molar refractivity (Wildman–Crippen MR) is 273 cm³/mol. The van der Waals surface area contributed by atoms with Gasteiger partial charge in [0.05, 0.1) is 18.8 Å². The van der Waals surface area contributed by atoms with E-state index in [0.717, 1.165) is 38.5 Å². The van der Waals surface area contributed by atoms with Crippen molar-refractivity contribution in [3.8, 4) is 0 Å². The summed E-state index contributed by atoms with van der Waals surface area (Å²) in [6.07, 6.45) is 66.5. The number of hydrogen-bond acceptors (Lipinski definition) is 4. The number of unbranched alkanes of at least 4 members (excludes halogenated alkanes) is 40. The molecule has 368 valence electrons. The topological polar surface area (TPSA) is 89.8 Å². The quantitative estimate of drug-likeness (QED) is 0.0362. The van der Waals surface area contributed by atoms with Gasteiger partial charge >= 0.3 is 0 Å². The number of carbonyl (C=O) groups excluding carboxylic acids is 1. The summed E-state index contributed by atoms with van der Waals surface area (Å²) in [5.41, 5.74) is 0. The zero-order chi connectivity index (χ0) is 45.1. The summed E-state index contributed by atoms with van der Waals surface area (Å²) < 4.78 is 0. The molecular formula is C57H111NO4. The van der Waals surface area contributed by atoms with Crippen molar-refractivity contribution in [3.05, 3.63) is 24.3 Å². The van der Waals surface area contributed by atoms with E-state index in [2.05, 4.69) is 43.5 Å². The van der Waals surface area contributed by atoms with E-state index in [0.29, 0.717) is 12.8 Å². The van der Waals surface area contributed by atoms with Gasteiger partial charge in [0.1, 0.15) is 6.10 Å². The second-order valence-corrected chi connectivity index (χ2v) is 19.5. The van der Waals surface area contributed by atoms with E-state index in [1.165, 1.54) is 244 Å². The van der Waals surface area contributed by atoms with E-state index in [4.69, 9.17) is 0 Å². The number of aliphatic hydroxyl groups is 3. The minimum absolute atomic E-state index is 0.312. The fourth-order valence-electron chi connectivity index (χ4n) is 8.93. The van der Waals surface area contributed by atoms with Crippen molar-refractivity contribution in [2.45, 2.75) is 327 Å². The lowest BCUT2D eigenvalue weighted by Gasteiger charge is -2.23. The molecule has 0 fully saturated rings. The summed E-state index contributed by atoms with van der Waals surface area (Å²) in [7, 11) is 0. The van der Waals surface area contributed by atoms with Gasteiger partial charge in [0.25, 0.3) is 0 Å². The Hall–Kier alpha value is -1.17. The fourth-order valence-corrected chi connectivity index (χ4v) is 8.93. The molecule has 4 N–H and O–H groups in total. The lowest BCUT2D eigenvalue weighted by Crippen LogP contribution is -2.49. The molecule has 62 heavy (non-hydrogen) atoms. The maximum atomic E-state index is 12.6. The van der Waals surface area contributed by atoms with Gasteiger partial charge in [-0.15, -0.1) is 0 Å². The van der Waals surface area contributed by atoms with Crippen LogP contribution in [0.3, 0.4) is 0 Å². The maximum Gasteiger partial charge on any atom is 0.249 e. The van der Waals surface area contributed by atoms with Crippen LogP contribution in [0.15, 0.2) is 24.3 Å². The van der Waals surface area contributed by atoms with Crippen LogP contribution in [0.4, 0.5) is 0 Å². The SMILES string of the molecule is CCCCCCCCCCC/C=C\C/C=C\CCCCCCCCCCCCC(O)C(=O)NC(CO)C(O)CCCCCCCCCCCCCCCCCCCCCCCC. The monoisotopic (exact) mass is 874 g/mol. The van der Waals surface area contributed by atoms with Crippen molar-refractivity contribution in [1.82, 2.24) is 5.32 Å². The molecule has 0 heterocycles. The second-order valence-electron chi connectivity index (χ2n) is 19.5. The van der Waals surface area contributed by atoms with Crippen LogP contribution in [0, 0.1) is 0 Å². The molecular weight excluding hydrogens is 763 g/mol. The number of hydrogen-bond donors (Lipinski definition) is 4. The van der Waals surface area contributed by atoms with Gasteiger partial charge in [-0.3, -0.25) is 4.79 Å². The third kappa shape index (κ3) is 46.8. The molecule has 5 nitrogen and oxygen atoms in total. The standard InChI is InChI=1S/C57H111NO4/c1-3-5-7-9-11-13-15-17-19-21-23-25-27-28-29-30-32-34-36-38-40-42-44-46-48-50-52-56(61)57(62)58-54(53-59)55(60)51-49-47-45-43-41-39-37-35-33-31-26-24-22-20-18-16-14-12-10-8-6-4-2/h23,25,28-29,54-56,59-61H,3-22,24,26-27,30-53H2,1-2H3,(H,58,62)/b25-23-,29-28-. The van der Waals surface area contributed by atoms with Crippen molar-refractivity contribution in [1.29, 1.82) is 0 Å². The van der Waals surface area contributed by atoms with Crippen molar-refractivity contribution >= 4 is 5.91 Å². The van der Waals surface area contributed by atoms with Gasteiger partial charge in [0.2, 0.25) is 5.91 Å². The first kappa shape index (κ1) is 60.8. The second kappa shape index (κ2) is 52.5. The Morgan fingerprint density at radius 1 is 0.387 bits per heavy atom. The van der Waals surface area contributed by atoms with Gasteiger partial charge in [0, 0.05) is 0 Å². The molecule has 0 aliphatic rings. The maximum absolute atomic E-state index is 12.6. The Morgan fingerprint density at radius 3 is 0.968 bits per heavy atom. The summed E-state index contributed by atoms with van der Waals surface area (Å²) in [6, 6.07) is -0.713. The minimum Gasteiger partial charge on any atom is -0.394 e. The van der Waals surface area contributed by atoms with Crippen molar-refractivity contribution in [2.24, 2.45) is 0 Å². The van der Waals surface area contributed by atoms with Gasteiger partial charge in [-0.2, -0.15) is 0 Å². The molecule has 0 rings (SSSR count). The molecule has 0 aliphatic carbocycles. The Labute approximate surface area is 388 Å². The van der Waals surface area contributed by atoms with Crippen molar-refractivity contribution < 1.29 is 20.1 Å². The molecule has 0 bridgehead atoms. The van der Waals surface area contributed by atoms with Gasteiger partial charge in [-0.05, 0) is 44.9 Å². The normalized spacial score (nSPS) is 13.4. The zero-order valence-electron chi connectivity index (χ0n) is 42.0. The molecule has 3 unspecified atom stereocenters. The lowest BCUT2D eigenvalue weighted by molar-refractivity contribution is -0.131. The first-order valence-electron chi connectivity index (χ1n) is 28.1. The van der Waals surface area contributed by atoms with E-state index in [1.807, 2.05) is 0 Å². The van der Waals surface area contributed by atoms with Gasteiger partial charge in [-0.25, -0.2) is 0 Å². The Bertz CT molecular complexity index is 920. The Kier molecular flexibility index (Phi) is 51.5. The Morgan fingerprint density at radius 2 is 0.661 bits per heavy atom. The highest BCUT2D eigenvalue weighted by atomic mass is 16.3. The predicted octanol–water partition coefficient (Wildman–Crippen LogP) is 17.3. The molecule has 0 radical (unpaired) electrons. The van der Waals surface area contributed by atoms with E-state index >= 15 is 0 Å². The van der Waals surface area contributed by atoms with Crippen LogP contribution in [0.1, 0.15) is 309 Å². The van der Waals surface area contributed by atoms with E-state index < -0.39 is 24.2 Å². The van der Waals surface area contributed by atoms with E-state index in [1.54, 1.807) is 0 Å². The third-order valence-corrected chi connectivity index (χ3v) is 13.3. The van der Waals surface area contributed by atoms with Crippen molar-refractivity contribution in [3.63, 3.8) is 0 Å². The highest BCUT2D eigenvalue weighted by molar-refractivity contribution is 5.80. The van der Waals surface area contributed by atoms with Gasteiger partial charge < -0.3 is 20.6 Å². The molecule has 0 aromatic rings. The van der Waals surface area contributed by atoms with E-state index in [-0.39, 0.29) is 6.61 Å². The fraction of sp³-hybridized carbons (Fsp3) is 0.912. The molecule has 0 aromatic heterocycles. The summed E-state index contributed by atoms with van der Waals surface area (Å²) >= 11 is 0. The first-order chi connectivity index (χ1) is 30.6. The number of allylic oxidation sites excluding steroid dienone is 4. The summed E-state index contributed by atoms with van der Waals surface area (Å²) in [6.45, 7) is 4.27. The van der Waals surface area contributed by atoms with Crippen LogP contribution in [0.5, 0.6) is 0 Å². The smallest absolute Gasteiger partial charge is 0.249 e. The van der Waals surface area contributed by atoms with Crippen LogP contribution in [0.2, 0.25) is 0 Å². The molecule has 5 heteroatoms. The average Bonchev–Trinajstić information content (AvgIpc) is 3.28. The summed E-state index contributed by atoms with van der Waals surface area (Å²) in [5.74, 6) is -0.468. The Balaban J connectivity index is 3.54.